The minimum Gasteiger partial charge on any atom is -0.494 e. The quantitative estimate of drug-likeness (QED) is 0.0345. The molecule has 4 rings (SSSR count). The smallest absolute Gasteiger partial charge is 0.255 e. The summed E-state index contributed by atoms with van der Waals surface area (Å²) in [6, 6.07) is 22.5. The molecule has 0 aliphatic carbocycles. The molecular weight excluding hydrogens is 1330 g/mol. The van der Waals surface area contributed by atoms with Crippen LogP contribution in [0.15, 0.2) is 66.7 Å². The van der Waals surface area contributed by atoms with Gasteiger partial charge in [-0.3, -0.25) is 4.79 Å². The summed E-state index contributed by atoms with van der Waals surface area (Å²) in [5.41, 5.74) is 5.06. The van der Waals surface area contributed by atoms with Gasteiger partial charge < -0.3 is 38.5 Å². The van der Waals surface area contributed by atoms with Crippen LogP contribution < -0.4 is 38.5 Å². The first-order valence-electron chi connectivity index (χ1n) is 46.0. The highest BCUT2D eigenvalue weighted by atomic mass is 16.5. The Kier molecular flexibility index (Phi) is 59.9. The fourth-order valence-corrected chi connectivity index (χ4v) is 14.3. The van der Waals surface area contributed by atoms with Crippen LogP contribution in [0.1, 0.15) is 441 Å². The second-order valence-corrected chi connectivity index (χ2v) is 31.5. The molecule has 0 spiro atoms. The van der Waals surface area contributed by atoms with Crippen molar-refractivity contribution >= 4 is 35.9 Å². The summed E-state index contributed by atoms with van der Waals surface area (Å²) in [6.07, 6.45) is 77.9. The first-order valence-corrected chi connectivity index (χ1v) is 46.0. The second-order valence-electron chi connectivity index (χ2n) is 31.5. The summed E-state index contributed by atoms with van der Waals surface area (Å²) < 4.78 is 47.2. The molecule has 9 nitrogen and oxygen atoms in total. The highest BCUT2D eigenvalue weighted by Gasteiger charge is 2.19. The van der Waals surface area contributed by atoms with Crippen LogP contribution in [0.4, 0.5) is 5.69 Å². The molecule has 4 aromatic carbocycles. The van der Waals surface area contributed by atoms with Gasteiger partial charge in [-0.05, 0) is 134 Å². The fraction of sp³-hybridized carbons (Fsp3) is 0.707. The molecule has 1 N–H and O–H groups in total. The summed E-state index contributed by atoms with van der Waals surface area (Å²) in [6.45, 7) is 20.4. The number of amides is 1. The maximum absolute atomic E-state index is 14.4. The van der Waals surface area contributed by atoms with Crippen LogP contribution in [0.5, 0.6) is 40.2 Å². The van der Waals surface area contributed by atoms with Crippen molar-refractivity contribution in [2.24, 2.45) is 0 Å². The Balaban J connectivity index is 1.79. The zero-order valence-corrected chi connectivity index (χ0v) is 71.0. The number of unbranched alkanes of at least 4 members (excludes halogenated alkanes) is 49. The predicted octanol–water partition coefficient (Wildman–Crippen LogP) is 31.9. The summed E-state index contributed by atoms with van der Waals surface area (Å²) in [4.78, 5) is 14.4. The molecule has 1 amide bonds. The van der Waals surface area contributed by atoms with Crippen molar-refractivity contribution in [3.05, 3.63) is 94.5 Å². The normalized spacial score (nSPS) is 11.5. The van der Waals surface area contributed by atoms with E-state index in [4.69, 9.17) is 33.2 Å². The first kappa shape index (κ1) is 94.8. The van der Waals surface area contributed by atoms with Gasteiger partial charge in [-0.1, -0.05) is 387 Å². The zero-order valence-electron chi connectivity index (χ0n) is 71.0. The molecule has 0 saturated carbocycles. The monoisotopic (exact) mass is 1490 g/mol. The molecule has 9 heteroatoms. The molecule has 0 saturated heterocycles. The Morgan fingerprint density at radius 2 is 0.444 bits per heavy atom. The van der Waals surface area contributed by atoms with E-state index in [0.29, 0.717) is 57.5 Å². The van der Waals surface area contributed by atoms with Crippen molar-refractivity contribution in [2.45, 2.75) is 408 Å². The van der Waals surface area contributed by atoms with Gasteiger partial charge in [-0.15, -0.1) is 0 Å². The van der Waals surface area contributed by atoms with E-state index >= 15 is 0 Å². The molecule has 0 bridgehead atoms. The van der Waals surface area contributed by atoms with Crippen molar-refractivity contribution in [1.29, 1.82) is 0 Å². The van der Waals surface area contributed by atoms with Crippen LogP contribution >= 0.6 is 0 Å². The van der Waals surface area contributed by atoms with Gasteiger partial charge in [0.05, 0.1) is 46.2 Å². The van der Waals surface area contributed by atoms with E-state index < -0.39 is 0 Å². The van der Waals surface area contributed by atoms with Gasteiger partial charge in [-0.25, -0.2) is 0 Å². The average molecular weight is 1500 g/mol. The van der Waals surface area contributed by atoms with Gasteiger partial charge >= 0.3 is 0 Å². The van der Waals surface area contributed by atoms with Crippen molar-refractivity contribution in [3.8, 4) is 40.2 Å². The number of anilines is 1. The Labute approximate surface area is 664 Å². The van der Waals surface area contributed by atoms with Gasteiger partial charge in [0.1, 0.15) is 5.75 Å². The third-order valence-electron chi connectivity index (χ3n) is 21.2. The maximum Gasteiger partial charge on any atom is 0.255 e. The lowest BCUT2D eigenvalue weighted by Gasteiger charge is -2.18. The minimum atomic E-state index is -0.182. The third-order valence-corrected chi connectivity index (χ3v) is 21.2. The van der Waals surface area contributed by atoms with Crippen LogP contribution in [0.2, 0.25) is 0 Å². The van der Waals surface area contributed by atoms with Crippen LogP contribution in [0.3, 0.4) is 0 Å². The van der Waals surface area contributed by atoms with E-state index in [-0.39, 0.29) is 5.91 Å². The summed E-state index contributed by atoms with van der Waals surface area (Å²) in [5, 5.41) is 3.32. The van der Waals surface area contributed by atoms with E-state index in [0.717, 1.165) is 146 Å². The van der Waals surface area contributed by atoms with E-state index in [1.54, 1.807) is 0 Å². The highest BCUT2D eigenvalue weighted by molar-refractivity contribution is 6.04. The van der Waals surface area contributed by atoms with Crippen molar-refractivity contribution in [1.82, 2.24) is 0 Å². The van der Waals surface area contributed by atoms with Gasteiger partial charge in [0.15, 0.2) is 23.0 Å². The van der Waals surface area contributed by atoms with E-state index in [1.807, 2.05) is 24.3 Å². The number of hydrogen-bond donors (Lipinski definition) is 1. The number of rotatable bonds is 76. The molecule has 0 atom stereocenters. The Morgan fingerprint density at radius 3 is 0.685 bits per heavy atom. The zero-order chi connectivity index (χ0) is 76.9. The molecule has 612 valence electrons. The van der Waals surface area contributed by atoms with Gasteiger partial charge in [-0.2, -0.15) is 0 Å². The number of benzene rings is 4. The molecule has 0 fully saturated rings. The maximum atomic E-state index is 14.4. The van der Waals surface area contributed by atoms with Crippen LogP contribution in [-0.4, -0.2) is 52.2 Å². The Morgan fingerprint density at radius 1 is 0.241 bits per heavy atom. The Hall–Kier alpha value is -5.57. The Bertz CT molecular complexity index is 2570. The number of ether oxygens (including phenoxy) is 7. The molecule has 0 heterocycles. The van der Waals surface area contributed by atoms with Crippen molar-refractivity contribution in [3.63, 3.8) is 0 Å². The molecule has 0 aliphatic heterocycles. The highest BCUT2D eigenvalue weighted by Crippen LogP contribution is 2.42. The summed E-state index contributed by atoms with van der Waals surface area (Å²) in [7, 11) is 0. The topological polar surface area (TPSA) is 93.7 Å². The average Bonchev–Trinajstić information content (AvgIpc) is 0.828. The lowest BCUT2D eigenvalue weighted by Crippen LogP contribution is -2.12. The van der Waals surface area contributed by atoms with Crippen LogP contribution in [0, 0.1) is 0 Å². The van der Waals surface area contributed by atoms with Gasteiger partial charge in [0, 0.05) is 11.3 Å². The molecule has 0 radical (unpaired) electrons. The predicted molar refractivity (Wildman–Crippen MR) is 468 cm³/mol. The lowest BCUT2D eigenvalue weighted by atomic mass is 10.0. The standard InChI is InChI=1S/C99H163NO8/c1-8-15-22-29-36-43-50-57-72-102-92-70-68-90(69-71-92)99(101)100-91-80-86(64-66-88-82-93(103-73-58-51-44-37-30-23-16-9-2)97(107-77-62-55-48-41-34-27-20-13-6)94(83-88)104-74-59-52-45-38-31-24-17-10-3)79-87(81-91)65-67-89-84-95(105-75-60-53-46-39-32-25-18-11-4)98(108-78-63-56-49-42-35-28-21-14-7)96(85-89)106-76-61-54-47-40-33-26-19-12-5/h64-71,79-85H,8-63,72-78H2,1-7H3,(H,100,101)/b66-64+,67-65+. The van der Waals surface area contributed by atoms with Gasteiger partial charge in [0.2, 0.25) is 11.5 Å². The number of carbonyl (C=O) groups is 1. The van der Waals surface area contributed by atoms with Crippen LogP contribution in [0.25, 0.3) is 24.3 Å². The van der Waals surface area contributed by atoms with Crippen LogP contribution in [-0.2, 0) is 0 Å². The molecule has 108 heavy (non-hydrogen) atoms. The second kappa shape index (κ2) is 68.3. The first-order chi connectivity index (χ1) is 53.3. The van der Waals surface area contributed by atoms with Crippen molar-refractivity contribution in [2.75, 3.05) is 51.6 Å². The molecule has 4 aromatic rings. The lowest BCUT2D eigenvalue weighted by molar-refractivity contribution is 0.102. The van der Waals surface area contributed by atoms with Crippen molar-refractivity contribution < 1.29 is 38.0 Å². The van der Waals surface area contributed by atoms with Gasteiger partial charge in [0.25, 0.3) is 5.91 Å². The van der Waals surface area contributed by atoms with E-state index in [2.05, 4.69) is 121 Å². The number of nitrogens with one attached hydrogen (secondary N) is 1. The third kappa shape index (κ3) is 48.3. The summed E-state index contributed by atoms with van der Waals surface area (Å²) >= 11 is 0. The molecule has 0 unspecified atom stereocenters. The molecular formula is C99H163NO8. The number of hydrogen-bond acceptors (Lipinski definition) is 8. The summed E-state index contributed by atoms with van der Waals surface area (Å²) in [5.74, 6) is 5.02. The van der Waals surface area contributed by atoms with E-state index in [1.165, 1.54) is 276 Å². The number of carbonyl (C=O) groups excluding carboxylic acids is 1. The fourth-order valence-electron chi connectivity index (χ4n) is 14.3. The minimum absolute atomic E-state index is 0.182. The molecule has 0 aliphatic rings. The largest absolute Gasteiger partial charge is 0.494 e. The SMILES string of the molecule is CCCCCCCCCCOc1ccc(C(=O)Nc2cc(/C=C/c3cc(OCCCCCCCCCC)c(OCCCCCCCCCC)c(OCCCCCCCCCC)c3)cc(/C=C/c3cc(OCCCCCCCCCC)c(OCCCCCCCCCC)c(OCCCCCCCCCC)c3)c2)cc1. The van der Waals surface area contributed by atoms with E-state index in [9.17, 15) is 4.79 Å². The molecule has 0 aromatic heterocycles.